The topological polar surface area (TPSA) is 64.9 Å². The molecule has 0 aliphatic heterocycles. The van der Waals surface area contributed by atoms with E-state index < -0.39 is 0 Å². The lowest BCUT2D eigenvalue weighted by Gasteiger charge is -2.10. The molecule has 0 bridgehead atoms. The van der Waals surface area contributed by atoms with Crippen molar-refractivity contribution in [3.8, 4) is 6.07 Å². The standard InChI is InChI=1S/C12H14BrN3O/c1-8(2)16-12(17)7-15-11-4-9(6-14)3-10(13)5-11/h3-5,8,15H,7H2,1-2H3,(H,16,17). The number of amides is 1. The van der Waals surface area contributed by atoms with Crippen LogP contribution in [0.2, 0.25) is 0 Å². The highest BCUT2D eigenvalue weighted by molar-refractivity contribution is 9.10. The quantitative estimate of drug-likeness (QED) is 0.895. The molecule has 0 aliphatic rings. The Hall–Kier alpha value is -1.54. The van der Waals surface area contributed by atoms with Crippen molar-refractivity contribution < 1.29 is 4.79 Å². The fourth-order valence-electron chi connectivity index (χ4n) is 1.31. The van der Waals surface area contributed by atoms with Crippen molar-refractivity contribution in [2.24, 2.45) is 0 Å². The highest BCUT2D eigenvalue weighted by atomic mass is 79.9. The number of nitrogens with zero attached hydrogens (tertiary/aromatic N) is 1. The summed E-state index contributed by atoms with van der Waals surface area (Å²) in [5.74, 6) is -0.0708. The number of nitriles is 1. The van der Waals surface area contributed by atoms with Gasteiger partial charge in [0.2, 0.25) is 5.91 Å². The summed E-state index contributed by atoms with van der Waals surface area (Å²) in [7, 11) is 0. The highest BCUT2D eigenvalue weighted by Crippen LogP contribution is 2.18. The van der Waals surface area contributed by atoms with Crippen molar-refractivity contribution in [3.63, 3.8) is 0 Å². The summed E-state index contributed by atoms with van der Waals surface area (Å²) in [4.78, 5) is 11.4. The van der Waals surface area contributed by atoms with E-state index in [2.05, 4.69) is 32.6 Å². The van der Waals surface area contributed by atoms with Gasteiger partial charge in [-0.15, -0.1) is 0 Å². The van der Waals surface area contributed by atoms with Crippen molar-refractivity contribution in [2.75, 3.05) is 11.9 Å². The molecule has 0 heterocycles. The lowest BCUT2D eigenvalue weighted by Crippen LogP contribution is -2.34. The predicted molar refractivity (Wildman–Crippen MR) is 70.6 cm³/mol. The van der Waals surface area contributed by atoms with Crippen molar-refractivity contribution in [3.05, 3.63) is 28.2 Å². The number of hydrogen-bond acceptors (Lipinski definition) is 3. The summed E-state index contributed by atoms with van der Waals surface area (Å²) in [5, 5.41) is 14.6. The minimum Gasteiger partial charge on any atom is -0.376 e. The maximum Gasteiger partial charge on any atom is 0.239 e. The molecule has 17 heavy (non-hydrogen) atoms. The third kappa shape index (κ3) is 4.87. The molecule has 90 valence electrons. The zero-order chi connectivity index (χ0) is 12.8. The zero-order valence-corrected chi connectivity index (χ0v) is 11.3. The van der Waals surface area contributed by atoms with E-state index in [0.717, 1.165) is 10.2 Å². The van der Waals surface area contributed by atoms with Gasteiger partial charge in [0, 0.05) is 16.2 Å². The summed E-state index contributed by atoms with van der Waals surface area (Å²) in [6, 6.07) is 7.43. The normalized spacial score (nSPS) is 9.82. The minimum absolute atomic E-state index is 0.0708. The van der Waals surface area contributed by atoms with E-state index in [-0.39, 0.29) is 18.5 Å². The third-order valence-electron chi connectivity index (χ3n) is 1.93. The molecule has 0 atom stereocenters. The Morgan fingerprint density at radius 1 is 1.47 bits per heavy atom. The van der Waals surface area contributed by atoms with Crippen molar-refractivity contribution in [1.82, 2.24) is 5.32 Å². The summed E-state index contributed by atoms with van der Waals surface area (Å²) < 4.78 is 0.809. The van der Waals surface area contributed by atoms with E-state index in [1.807, 2.05) is 19.9 Å². The Morgan fingerprint density at radius 3 is 2.76 bits per heavy atom. The van der Waals surface area contributed by atoms with Gasteiger partial charge in [-0.3, -0.25) is 4.79 Å². The first-order chi connectivity index (χ1) is 8.01. The molecule has 0 aliphatic carbocycles. The molecule has 1 rings (SSSR count). The number of carbonyl (C=O) groups excluding carboxylic acids is 1. The SMILES string of the molecule is CC(C)NC(=O)CNc1cc(Br)cc(C#N)c1. The van der Waals surface area contributed by atoms with Gasteiger partial charge in [-0.05, 0) is 32.0 Å². The Kier molecular flexibility index (Phi) is 4.98. The number of halogens is 1. The number of hydrogen-bond donors (Lipinski definition) is 2. The first kappa shape index (κ1) is 13.5. The van der Waals surface area contributed by atoms with Crippen LogP contribution in [-0.2, 0) is 4.79 Å². The van der Waals surface area contributed by atoms with Crippen LogP contribution in [0, 0.1) is 11.3 Å². The van der Waals surface area contributed by atoms with Gasteiger partial charge in [-0.1, -0.05) is 15.9 Å². The van der Waals surface area contributed by atoms with Crippen LogP contribution >= 0.6 is 15.9 Å². The van der Waals surface area contributed by atoms with E-state index in [4.69, 9.17) is 5.26 Å². The fourth-order valence-corrected chi connectivity index (χ4v) is 1.80. The Labute approximate surface area is 109 Å². The van der Waals surface area contributed by atoms with Crippen LogP contribution in [-0.4, -0.2) is 18.5 Å². The van der Waals surface area contributed by atoms with Gasteiger partial charge < -0.3 is 10.6 Å². The smallest absolute Gasteiger partial charge is 0.239 e. The van der Waals surface area contributed by atoms with E-state index in [0.29, 0.717) is 5.56 Å². The second kappa shape index (κ2) is 6.26. The lowest BCUT2D eigenvalue weighted by molar-refractivity contribution is -0.119. The van der Waals surface area contributed by atoms with Gasteiger partial charge >= 0.3 is 0 Å². The molecule has 0 spiro atoms. The van der Waals surface area contributed by atoms with Crippen LogP contribution in [0.25, 0.3) is 0 Å². The van der Waals surface area contributed by atoms with Crippen LogP contribution in [0.3, 0.4) is 0 Å². The van der Waals surface area contributed by atoms with Gasteiger partial charge in [0.1, 0.15) is 0 Å². The molecule has 0 aromatic heterocycles. The Balaban J connectivity index is 2.61. The van der Waals surface area contributed by atoms with E-state index in [9.17, 15) is 4.79 Å². The van der Waals surface area contributed by atoms with Crippen molar-refractivity contribution >= 4 is 27.5 Å². The van der Waals surface area contributed by atoms with Gasteiger partial charge in [-0.2, -0.15) is 5.26 Å². The Morgan fingerprint density at radius 2 is 2.18 bits per heavy atom. The maximum absolute atomic E-state index is 11.4. The van der Waals surface area contributed by atoms with Gasteiger partial charge in [0.15, 0.2) is 0 Å². The largest absolute Gasteiger partial charge is 0.376 e. The molecular weight excluding hydrogens is 282 g/mol. The number of rotatable bonds is 4. The third-order valence-corrected chi connectivity index (χ3v) is 2.39. The Bertz CT molecular complexity index is 452. The van der Waals surface area contributed by atoms with Crippen LogP contribution < -0.4 is 10.6 Å². The second-order valence-electron chi connectivity index (χ2n) is 3.92. The molecule has 1 aromatic carbocycles. The summed E-state index contributed by atoms with van der Waals surface area (Å²) >= 11 is 3.31. The van der Waals surface area contributed by atoms with Crippen LogP contribution in [0.5, 0.6) is 0 Å². The summed E-state index contributed by atoms with van der Waals surface area (Å²) in [6.07, 6.45) is 0. The van der Waals surface area contributed by atoms with E-state index in [1.54, 1.807) is 12.1 Å². The highest BCUT2D eigenvalue weighted by Gasteiger charge is 2.04. The molecule has 0 fully saturated rings. The second-order valence-corrected chi connectivity index (χ2v) is 4.83. The summed E-state index contributed by atoms with van der Waals surface area (Å²) in [5.41, 5.74) is 1.29. The van der Waals surface area contributed by atoms with Gasteiger partial charge in [0.05, 0.1) is 18.2 Å². The van der Waals surface area contributed by atoms with Crippen LogP contribution in [0.4, 0.5) is 5.69 Å². The molecule has 0 saturated heterocycles. The predicted octanol–water partition coefficient (Wildman–Crippen LogP) is 2.26. The molecule has 5 heteroatoms. The van der Waals surface area contributed by atoms with Crippen molar-refractivity contribution in [2.45, 2.75) is 19.9 Å². The van der Waals surface area contributed by atoms with Gasteiger partial charge in [0.25, 0.3) is 0 Å². The first-order valence-electron chi connectivity index (χ1n) is 5.25. The minimum atomic E-state index is -0.0708. The maximum atomic E-state index is 11.4. The van der Waals surface area contributed by atoms with Crippen LogP contribution in [0.15, 0.2) is 22.7 Å². The number of nitrogens with one attached hydrogen (secondary N) is 2. The van der Waals surface area contributed by atoms with E-state index >= 15 is 0 Å². The van der Waals surface area contributed by atoms with E-state index in [1.165, 1.54) is 0 Å². The molecule has 2 N–H and O–H groups in total. The molecule has 1 aromatic rings. The molecular formula is C12H14BrN3O. The lowest BCUT2D eigenvalue weighted by atomic mass is 10.2. The number of carbonyl (C=O) groups is 1. The molecule has 0 radical (unpaired) electrons. The number of benzene rings is 1. The zero-order valence-electron chi connectivity index (χ0n) is 9.75. The average molecular weight is 296 g/mol. The van der Waals surface area contributed by atoms with Crippen molar-refractivity contribution in [1.29, 1.82) is 5.26 Å². The molecule has 0 saturated carbocycles. The number of anilines is 1. The monoisotopic (exact) mass is 295 g/mol. The van der Waals surface area contributed by atoms with Crippen LogP contribution in [0.1, 0.15) is 19.4 Å². The average Bonchev–Trinajstić information content (AvgIpc) is 2.24. The van der Waals surface area contributed by atoms with Gasteiger partial charge in [-0.25, -0.2) is 0 Å². The molecule has 4 nitrogen and oxygen atoms in total. The first-order valence-corrected chi connectivity index (χ1v) is 6.04. The fraction of sp³-hybridized carbons (Fsp3) is 0.333. The molecule has 1 amide bonds. The molecule has 0 unspecified atom stereocenters. The summed E-state index contributed by atoms with van der Waals surface area (Å²) in [6.45, 7) is 4.01.